The highest BCUT2D eigenvalue weighted by Crippen LogP contribution is 2.02. The highest BCUT2D eigenvalue weighted by atomic mass is 16.5. The van der Waals surface area contributed by atoms with E-state index in [2.05, 4.69) is 28.5 Å². The Morgan fingerprint density at radius 3 is 2.46 bits per heavy atom. The van der Waals surface area contributed by atoms with Crippen molar-refractivity contribution < 1.29 is 9.53 Å². The highest BCUT2D eigenvalue weighted by Gasteiger charge is 2.01. The van der Waals surface area contributed by atoms with Crippen molar-refractivity contribution in [3.8, 4) is 0 Å². The quantitative estimate of drug-likeness (QED) is 0.232. The largest absolute Gasteiger partial charge is 0.501 e. The van der Waals surface area contributed by atoms with Crippen LogP contribution in [0.1, 0.15) is 50.2 Å². The predicted molar refractivity (Wildman–Crippen MR) is 110 cm³/mol. The van der Waals surface area contributed by atoms with Crippen LogP contribution in [-0.4, -0.2) is 37.0 Å². The summed E-state index contributed by atoms with van der Waals surface area (Å²) in [6.45, 7) is 11.2. The molecule has 26 heavy (non-hydrogen) atoms. The normalized spacial score (nSPS) is 12.1. The van der Waals surface area contributed by atoms with Crippen LogP contribution < -0.4 is 0 Å². The Morgan fingerprint density at radius 1 is 1.31 bits per heavy atom. The summed E-state index contributed by atoms with van der Waals surface area (Å²) < 4.78 is 4.95. The number of allylic oxidation sites excluding steroid dienone is 5. The molecule has 1 aromatic heterocycles. The third-order valence-electron chi connectivity index (χ3n) is 3.35. The fourth-order valence-corrected chi connectivity index (χ4v) is 1.53. The molecule has 0 unspecified atom stereocenters. The van der Waals surface area contributed by atoms with Gasteiger partial charge in [0.15, 0.2) is 5.78 Å². The number of nitrogens with zero attached hydrogens (tertiary/aromatic N) is 3. The lowest BCUT2D eigenvalue weighted by Gasteiger charge is -1.99. The van der Waals surface area contributed by atoms with E-state index in [4.69, 9.17) is 4.74 Å². The zero-order valence-electron chi connectivity index (χ0n) is 16.6. The van der Waals surface area contributed by atoms with Gasteiger partial charge in [0.05, 0.1) is 24.3 Å². The van der Waals surface area contributed by atoms with Crippen LogP contribution >= 0.6 is 0 Å². The van der Waals surface area contributed by atoms with Gasteiger partial charge in [-0.2, -0.15) is 0 Å². The van der Waals surface area contributed by atoms with Crippen molar-refractivity contribution >= 4 is 17.8 Å². The molecule has 0 atom stereocenters. The van der Waals surface area contributed by atoms with Crippen molar-refractivity contribution in [2.24, 2.45) is 9.98 Å². The monoisotopic (exact) mass is 355 g/mol. The number of ketones is 1. The van der Waals surface area contributed by atoms with Crippen molar-refractivity contribution in [3.05, 3.63) is 65.7 Å². The topological polar surface area (TPSA) is 63.9 Å². The standard InChI is InChI=1S/C11H13N3O.C10H16O/c1-8(14-7-12-3)11-5-4-10(6-13-11)9(2)15;1-5-9(2)7-6-8-10(3)11-4/h4-7H,1-3H3;6-8H,2,5H2,1,3-4H3/b;7-6-,10-8+. The van der Waals surface area contributed by atoms with E-state index in [0.29, 0.717) is 5.56 Å². The van der Waals surface area contributed by atoms with Gasteiger partial charge < -0.3 is 4.74 Å². The highest BCUT2D eigenvalue weighted by molar-refractivity contribution is 6.01. The molecule has 1 heterocycles. The van der Waals surface area contributed by atoms with Crippen molar-refractivity contribution in [3.63, 3.8) is 0 Å². The van der Waals surface area contributed by atoms with Crippen molar-refractivity contribution in [1.82, 2.24) is 4.98 Å². The summed E-state index contributed by atoms with van der Waals surface area (Å²) in [5.74, 6) is 0.920. The van der Waals surface area contributed by atoms with Gasteiger partial charge in [-0.05, 0) is 45.4 Å². The van der Waals surface area contributed by atoms with Crippen LogP contribution in [0.4, 0.5) is 0 Å². The number of aromatic nitrogens is 1. The fourth-order valence-electron chi connectivity index (χ4n) is 1.53. The summed E-state index contributed by atoms with van der Waals surface area (Å²) in [5, 5.41) is 0. The molecular weight excluding hydrogens is 326 g/mol. The molecule has 0 aliphatic rings. The SMILES string of the molecule is C=C(/C=C\C=C(/C)OC)CC.CN=CN=C(C)c1ccc(C(C)=O)cn1. The minimum atomic E-state index is 0.0127. The van der Waals surface area contributed by atoms with Gasteiger partial charge in [0.2, 0.25) is 0 Å². The lowest BCUT2D eigenvalue weighted by atomic mass is 10.2. The van der Waals surface area contributed by atoms with Crippen LogP contribution in [0.15, 0.2) is 64.5 Å². The summed E-state index contributed by atoms with van der Waals surface area (Å²) in [7, 11) is 3.32. The van der Waals surface area contributed by atoms with E-state index in [1.54, 1.807) is 32.5 Å². The molecule has 5 heteroatoms. The number of pyridine rings is 1. The van der Waals surface area contributed by atoms with Crippen LogP contribution in [-0.2, 0) is 4.74 Å². The number of carbonyl (C=O) groups is 1. The Bertz CT molecular complexity index is 696. The second kappa shape index (κ2) is 13.5. The Labute approximate surface area is 156 Å². The van der Waals surface area contributed by atoms with Crippen molar-refractivity contribution in [2.75, 3.05) is 14.2 Å². The molecule has 5 nitrogen and oxygen atoms in total. The molecule has 0 N–H and O–H groups in total. The van der Waals surface area contributed by atoms with E-state index in [1.807, 2.05) is 32.1 Å². The number of aliphatic imine (C=N–C) groups is 2. The predicted octanol–water partition coefficient (Wildman–Crippen LogP) is 4.81. The minimum absolute atomic E-state index is 0.0127. The van der Waals surface area contributed by atoms with E-state index < -0.39 is 0 Å². The summed E-state index contributed by atoms with van der Waals surface area (Å²) >= 11 is 0. The van der Waals surface area contributed by atoms with Crippen LogP contribution in [0.3, 0.4) is 0 Å². The lowest BCUT2D eigenvalue weighted by Crippen LogP contribution is -2.01. The molecule has 0 radical (unpaired) electrons. The van der Waals surface area contributed by atoms with Crippen molar-refractivity contribution in [1.29, 1.82) is 0 Å². The average Bonchev–Trinajstić information content (AvgIpc) is 2.66. The van der Waals surface area contributed by atoms with Gasteiger partial charge in [-0.15, -0.1) is 0 Å². The maximum absolute atomic E-state index is 11.0. The van der Waals surface area contributed by atoms with E-state index in [1.165, 1.54) is 13.3 Å². The van der Waals surface area contributed by atoms with Gasteiger partial charge in [0, 0.05) is 18.8 Å². The van der Waals surface area contributed by atoms with Crippen LogP contribution in [0.5, 0.6) is 0 Å². The summed E-state index contributed by atoms with van der Waals surface area (Å²) in [6.07, 6.45) is 9.88. The minimum Gasteiger partial charge on any atom is -0.501 e. The zero-order valence-corrected chi connectivity index (χ0v) is 16.6. The number of ether oxygens (including phenoxy) is 1. The number of rotatable bonds is 7. The summed E-state index contributed by atoms with van der Waals surface area (Å²) in [6, 6.07) is 3.52. The molecule has 140 valence electrons. The van der Waals surface area contributed by atoms with Gasteiger partial charge in [0.1, 0.15) is 6.34 Å². The number of hydrogen-bond donors (Lipinski definition) is 0. The van der Waals surface area contributed by atoms with E-state index in [0.717, 1.165) is 29.2 Å². The van der Waals surface area contributed by atoms with Gasteiger partial charge >= 0.3 is 0 Å². The first kappa shape index (κ1) is 23.2. The van der Waals surface area contributed by atoms with Gasteiger partial charge in [0.25, 0.3) is 0 Å². The van der Waals surface area contributed by atoms with Crippen LogP contribution in [0.25, 0.3) is 0 Å². The van der Waals surface area contributed by atoms with E-state index in [9.17, 15) is 4.79 Å². The second-order valence-corrected chi connectivity index (χ2v) is 5.43. The van der Waals surface area contributed by atoms with Gasteiger partial charge in [-0.1, -0.05) is 31.2 Å². The average molecular weight is 355 g/mol. The molecular formula is C21H29N3O2. The van der Waals surface area contributed by atoms with Crippen molar-refractivity contribution in [2.45, 2.75) is 34.1 Å². The lowest BCUT2D eigenvalue weighted by molar-refractivity contribution is 0.101. The number of Topliss-reactive ketones (excluding diaryl/α,β-unsaturated/α-hetero) is 1. The van der Waals surface area contributed by atoms with E-state index >= 15 is 0 Å². The zero-order chi connectivity index (χ0) is 19.9. The molecule has 0 aliphatic carbocycles. The summed E-state index contributed by atoms with van der Waals surface area (Å²) in [5.41, 5.74) is 3.26. The smallest absolute Gasteiger partial charge is 0.161 e. The van der Waals surface area contributed by atoms with E-state index in [-0.39, 0.29) is 5.78 Å². The molecule has 0 bridgehead atoms. The first-order valence-electron chi connectivity index (χ1n) is 8.34. The first-order valence-corrected chi connectivity index (χ1v) is 8.34. The van der Waals surface area contributed by atoms with Gasteiger partial charge in [-0.3, -0.25) is 14.8 Å². The second-order valence-electron chi connectivity index (χ2n) is 5.43. The third-order valence-corrected chi connectivity index (χ3v) is 3.35. The first-order chi connectivity index (χ1) is 12.3. The Morgan fingerprint density at radius 2 is 2.00 bits per heavy atom. The third kappa shape index (κ3) is 10.1. The fraction of sp³-hybridized carbons (Fsp3) is 0.333. The Balaban J connectivity index is 0.000000508. The molecule has 1 rings (SSSR count). The molecule has 0 saturated heterocycles. The molecule has 0 amide bonds. The van der Waals surface area contributed by atoms with Crippen LogP contribution in [0.2, 0.25) is 0 Å². The Hall–Kier alpha value is -2.82. The van der Waals surface area contributed by atoms with Gasteiger partial charge in [-0.25, -0.2) is 4.99 Å². The number of methoxy groups -OCH3 is 1. The molecule has 0 aromatic carbocycles. The summed E-state index contributed by atoms with van der Waals surface area (Å²) in [4.78, 5) is 23.0. The number of hydrogen-bond acceptors (Lipinski definition) is 4. The maximum Gasteiger partial charge on any atom is 0.161 e. The number of carbonyl (C=O) groups excluding carboxylic acids is 1. The maximum atomic E-state index is 11.0. The van der Waals surface area contributed by atoms with Crippen LogP contribution in [0, 0.1) is 0 Å². The Kier molecular flexibility index (Phi) is 12.0. The molecule has 0 spiro atoms. The molecule has 0 aliphatic heterocycles. The molecule has 0 fully saturated rings. The molecule has 1 aromatic rings. The molecule has 0 saturated carbocycles.